The number of hydrogen-bond acceptors (Lipinski definition) is 8. The van der Waals surface area contributed by atoms with E-state index < -0.39 is 0 Å². The maximum absolute atomic E-state index is 12.7. The minimum atomic E-state index is 0.0339. The fraction of sp³-hybridized carbons (Fsp3) is 0.500. The zero-order valence-corrected chi connectivity index (χ0v) is 20.7. The maximum Gasteiger partial charge on any atom is 0.226 e. The van der Waals surface area contributed by atoms with E-state index in [9.17, 15) is 4.79 Å². The van der Waals surface area contributed by atoms with Crippen molar-refractivity contribution in [2.24, 2.45) is 0 Å². The molecule has 9 heteroatoms. The lowest BCUT2D eigenvalue weighted by Crippen LogP contribution is -2.24. The van der Waals surface area contributed by atoms with Gasteiger partial charge in [-0.25, -0.2) is 4.98 Å². The van der Waals surface area contributed by atoms with Gasteiger partial charge in [-0.3, -0.25) is 4.79 Å². The fourth-order valence-corrected chi connectivity index (χ4v) is 6.96. The van der Waals surface area contributed by atoms with E-state index >= 15 is 0 Å². The number of hydrogen-bond donors (Lipinski definition) is 3. The average molecular weight is 486 g/mol. The van der Waals surface area contributed by atoms with Crippen LogP contribution in [0.25, 0.3) is 20.8 Å². The molecule has 1 saturated heterocycles. The van der Waals surface area contributed by atoms with Gasteiger partial charge >= 0.3 is 0 Å². The van der Waals surface area contributed by atoms with Crippen molar-refractivity contribution in [1.29, 1.82) is 0 Å². The number of nitrogens with one attached hydrogen (secondary N) is 3. The van der Waals surface area contributed by atoms with Crippen molar-refractivity contribution in [3.05, 3.63) is 28.6 Å². The van der Waals surface area contributed by atoms with E-state index in [0.717, 1.165) is 60.2 Å². The van der Waals surface area contributed by atoms with Crippen molar-refractivity contribution in [3.8, 4) is 10.6 Å². The molecule has 0 spiro atoms. The second kappa shape index (κ2) is 10.5. The predicted octanol–water partition coefficient (Wildman–Crippen LogP) is 3.84. The Kier molecular flexibility index (Phi) is 7.22. The number of benzene rings is 1. The number of thiazole rings is 1. The second-order valence-electron chi connectivity index (χ2n) is 8.51. The Labute approximate surface area is 202 Å². The highest BCUT2D eigenvalue weighted by atomic mass is 32.1. The molecule has 3 N–H and O–H groups in total. The SMILES string of the molecule is COCCNCCC(=O)Nc1sc2c(c1-c1nc3c(N4CCCC4)cccc3s1)CCNC2. The standard InChI is InChI=1S/C24H31N5O2S2/c1-31-14-11-25-10-8-20(30)27-23-21(16-7-9-26-15-19(16)33-23)24-28-22-17(29-12-2-3-13-29)5-4-6-18(22)32-24/h4-6,25-26H,2-3,7-15H2,1H3,(H,27,30). The number of amides is 1. The molecule has 0 radical (unpaired) electrons. The molecular formula is C24H31N5O2S2. The summed E-state index contributed by atoms with van der Waals surface area (Å²) in [7, 11) is 1.68. The largest absolute Gasteiger partial charge is 0.383 e. The molecule has 1 amide bonds. The van der Waals surface area contributed by atoms with Crippen LogP contribution < -0.4 is 20.9 Å². The third-order valence-corrected chi connectivity index (χ3v) is 8.44. The molecule has 0 atom stereocenters. The molecular weight excluding hydrogens is 454 g/mol. The van der Waals surface area contributed by atoms with Gasteiger partial charge in [-0.05, 0) is 43.5 Å². The van der Waals surface area contributed by atoms with E-state index in [1.165, 1.54) is 33.7 Å². The zero-order valence-electron chi connectivity index (χ0n) is 19.0. The Morgan fingerprint density at radius 2 is 2.12 bits per heavy atom. The second-order valence-corrected chi connectivity index (χ2v) is 10.6. The number of para-hydroxylation sites is 1. The number of ether oxygens (including phenoxy) is 1. The van der Waals surface area contributed by atoms with Crippen LogP contribution in [0.5, 0.6) is 0 Å². The first-order valence-electron chi connectivity index (χ1n) is 11.7. The summed E-state index contributed by atoms with van der Waals surface area (Å²) in [5, 5.41) is 11.9. The monoisotopic (exact) mass is 485 g/mol. The summed E-state index contributed by atoms with van der Waals surface area (Å²) in [5.74, 6) is 0.0339. The van der Waals surface area contributed by atoms with Gasteiger partial charge < -0.3 is 25.6 Å². The lowest BCUT2D eigenvalue weighted by molar-refractivity contribution is -0.116. The van der Waals surface area contributed by atoms with Crippen LogP contribution in [0.15, 0.2) is 18.2 Å². The molecule has 176 valence electrons. The fourth-order valence-electron chi connectivity index (χ4n) is 4.59. The van der Waals surface area contributed by atoms with E-state index in [1.807, 2.05) is 0 Å². The van der Waals surface area contributed by atoms with Gasteiger partial charge in [-0.2, -0.15) is 0 Å². The van der Waals surface area contributed by atoms with Crippen molar-refractivity contribution in [3.63, 3.8) is 0 Å². The van der Waals surface area contributed by atoms with Crippen molar-refractivity contribution < 1.29 is 9.53 Å². The molecule has 1 aromatic carbocycles. The zero-order chi connectivity index (χ0) is 22.6. The van der Waals surface area contributed by atoms with Crippen LogP contribution in [-0.4, -0.2) is 57.3 Å². The van der Waals surface area contributed by atoms with Crippen LogP contribution in [0.4, 0.5) is 10.7 Å². The topological polar surface area (TPSA) is 78.5 Å². The summed E-state index contributed by atoms with van der Waals surface area (Å²) < 4.78 is 6.26. The molecule has 0 unspecified atom stereocenters. The number of methoxy groups -OCH3 is 1. The molecule has 1 fully saturated rings. The molecule has 7 nitrogen and oxygen atoms in total. The van der Waals surface area contributed by atoms with Crippen LogP contribution in [0.2, 0.25) is 0 Å². The summed E-state index contributed by atoms with van der Waals surface area (Å²) in [6, 6.07) is 6.51. The highest BCUT2D eigenvalue weighted by Crippen LogP contribution is 2.46. The first-order valence-corrected chi connectivity index (χ1v) is 13.4. The van der Waals surface area contributed by atoms with E-state index in [4.69, 9.17) is 9.72 Å². The Morgan fingerprint density at radius 3 is 2.97 bits per heavy atom. The molecule has 2 aromatic heterocycles. The van der Waals surface area contributed by atoms with Gasteiger partial charge in [0, 0.05) is 56.7 Å². The molecule has 4 heterocycles. The molecule has 0 bridgehead atoms. The number of thiophene rings is 1. The number of anilines is 2. The quantitative estimate of drug-likeness (QED) is 0.400. The Morgan fingerprint density at radius 1 is 1.24 bits per heavy atom. The normalized spacial score (nSPS) is 15.8. The minimum Gasteiger partial charge on any atom is -0.383 e. The van der Waals surface area contributed by atoms with Gasteiger partial charge in [0.2, 0.25) is 5.91 Å². The van der Waals surface area contributed by atoms with Crippen LogP contribution >= 0.6 is 22.7 Å². The number of fused-ring (bicyclic) bond motifs is 2. The summed E-state index contributed by atoms with van der Waals surface area (Å²) in [5.41, 5.74) is 4.80. The van der Waals surface area contributed by atoms with E-state index in [1.54, 1.807) is 29.8 Å². The summed E-state index contributed by atoms with van der Waals surface area (Å²) in [4.78, 5) is 21.6. The van der Waals surface area contributed by atoms with Gasteiger partial charge in [0.05, 0.1) is 17.0 Å². The highest BCUT2D eigenvalue weighted by molar-refractivity contribution is 7.23. The van der Waals surface area contributed by atoms with Crippen LogP contribution in [0.3, 0.4) is 0 Å². The lowest BCUT2D eigenvalue weighted by atomic mass is 10.0. The van der Waals surface area contributed by atoms with Crippen LogP contribution in [-0.2, 0) is 22.5 Å². The maximum atomic E-state index is 12.7. The molecule has 5 rings (SSSR count). The molecule has 0 saturated carbocycles. The molecule has 0 aliphatic carbocycles. The Hall–Kier alpha value is -2.04. The molecule has 2 aliphatic heterocycles. The van der Waals surface area contributed by atoms with Crippen molar-refractivity contribution in [2.45, 2.75) is 32.2 Å². The van der Waals surface area contributed by atoms with Crippen molar-refractivity contribution in [2.75, 3.05) is 56.7 Å². The van der Waals surface area contributed by atoms with Gasteiger partial charge in [0.15, 0.2) is 0 Å². The van der Waals surface area contributed by atoms with Crippen molar-refractivity contribution in [1.82, 2.24) is 15.6 Å². The van der Waals surface area contributed by atoms with E-state index in [0.29, 0.717) is 19.6 Å². The summed E-state index contributed by atoms with van der Waals surface area (Å²) in [6.45, 7) is 6.04. The Balaban J connectivity index is 1.44. The predicted molar refractivity (Wildman–Crippen MR) is 138 cm³/mol. The van der Waals surface area contributed by atoms with E-state index in [-0.39, 0.29) is 5.91 Å². The lowest BCUT2D eigenvalue weighted by Gasteiger charge is -2.17. The smallest absolute Gasteiger partial charge is 0.226 e. The molecule has 3 aromatic rings. The van der Waals surface area contributed by atoms with Gasteiger partial charge in [0.1, 0.15) is 15.5 Å². The molecule has 33 heavy (non-hydrogen) atoms. The number of carbonyl (C=O) groups is 1. The van der Waals surface area contributed by atoms with Crippen LogP contribution in [0, 0.1) is 0 Å². The first kappa shape index (κ1) is 22.7. The first-order chi connectivity index (χ1) is 16.2. The minimum absolute atomic E-state index is 0.0339. The Bertz CT molecular complexity index is 1120. The summed E-state index contributed by atoms with van der Waals surface area (Å²) >= 11 is 3.43. The summed E-state index contributed by atoms with van der Waals surface area (Å²) in [6.07, 6.45) is 3.89. The van der Waals surface area contributed by atoms with Crippen molar-refractivity contribution >= 4 is 49.5 Å². The van der Waals surface area contributed by atoms with Gasteiger partial charge in [0.25, 0.3) is 0 Å². The number of nitrogens with zero attached hydrogens (tertiary/aromatic N) is 2. The third kappa shape index (κ3) is 4.93. The van der Waals surface area contributed by atoms with E-state index in [2.05, 4.69) is 39.0 Å². The van der Waals surface area contributed by atoms with Crippen LogP contribution in [0.1, 0.15) is 29.7 Å². The third-order valence-electron chi connectivity index (χ3n) is 6.25. The number of aromatic nitrogens is 1. The van der Waals surface area contributed by atoms with Gasteiger partial charge in [-0.15, -0.1) is 22.7 Å². The highest BCUT2D eigenvalue weighted by Gasteiger charge is 2.26. The van der Waals surface area contributed by atoms with Gasteiger partial charge in [-0.1, -0.05) is 6.07 Å². The number of rotatable bonds is 9. The average Bonchev–Trinajstić information content (AvgIpc) is 3.56. The molecule has 2 aliphatic rings. The number of carbonyl (C=O) groups excluding carboxylic acids is 1.